The van der Waals surface area contributed by atoms with Gasteiger partial charge in [0.2, 0.25) is 5.78 Å². The Bertz CT molecular complexity index is 834. The molecule has 0 amide bonds. The molecule has 0 fully saturated rings. The topological polar surface area (TPSA) is 52.2 Å². The van der Waals surface area contributed by atoms with Crippen LogP contribution in [-0.2, 0) is 6.54 Å². The Balaban J connectivity index is 2.60. The smallest absolute Gasteiger partial charge is 0.263 e. The Labute approximate surface area is 113 Å². The first-order valence-corrected chi connectivity index (χ1v) is 7.02. The van der Waals surface area contributed by atoms with E-state index in [4.69, 9.17) is 0 Å². The average Bonchev–Trinajstić information content (AvgIpc) is 2.87. The Morgan fingerprint density at radius 1 is 1.37 bits per heavy atom. The van der Waals surface area contributed by atoms with Crippen molar-refractivity contribution in [2.24, 2.45) is 0 Å². The van der Waals surface area contributed by atoms with E-state index in [1.165, 1.54) is 11.8 Å². The summed E-state index contributed by atoms with van der Waals surface area (Å²) in [4.78, 5) is 12.5. The summed E-state index contributed by atoms with van der Waals surface area (Å²) in [5.41, 5.74) is 0.764. The quantitative estimate of drug-likeness (QED) is 0.540. The average molecular weight is 272 g/mol. The van der Waals surface area contributed by atoms with Gasteiger partial charge in [0.05, 0.1) is 10.9 Å². The van der Waals surface area contributed by atoms with Crippen molar-refractivity contribution in [2.45, 2.75) is 11.7 Å². The Kier molecular flexibility index (Phi) is 2.87. The van der Waals surface area contributed by atoms with E-state index in [9.17, 15) is 4.79 Å². The lowest BCUT2D eigenvalue weighted by Gasteiger charge is -2.08. The van der Waals surface area contributed by atoms with Crippen LogP contribution in [0.3, 0.4) is 0 Å². The molecule has 0 N–H and O–H groups in total. The second-order valence-corrected chi connectivity index (χ2v) is 4.82. The minimum Gasteiger partial charge on any atom is -0.272 e. The highest BCUT2D eigenvalue weighted by Crippen LogP contribution is 2.19. The fourth-order valence-electron chi connectivity index (χ4n) is 2.16. The summed E-state index contributed by atoms with van der Waals surface area (Å²) >= 11 is 1.50. The third kappa shape index (κ3) is 1.67. The summed E-state index contributed by atoms with van der Waals surface area (Å²) in [6.07, 6.45) is 3.62. The molecule has 0 spiro atoms. The van der Waals surface area contributed by atoms with E-state index in [1.807, 2.05) is 34.9 Å². The van der Waals surface area contributed by atoms with E-state index in [1.54, 1.807) is 10.6 Å². The molecular formula is C13H12N4OS. The second kappa shape index (κ2) is 4.55. The third-order valence-electron chi connectivity index (χ3n) is 2.97. The molecule has 0 aliphatic heterocycles. The Morgan fingerprint density at radius 3 is 2.89 bits per heavy atom. The molecule has 2 aromatic heterocycles. The lowest BCUT2D eigenvalue weighted by molar-refractivity contribution is 0.783. The van der Waals surface area contributed by atoms with Gasteiger partial charge in [0.1, 0.15) is 0 Å². The lowest BCUT2D eigenvalue weighted by Crippen LogP contribution is -2.22. The molecule has 1 aromatic carbocycles. The normalized spacial score (nSPS) is 11.2. The van der Waals surface area contributed by atoms with Crippen molar-refractivity contribution < 1.29 is 0 Å². The van der Waals surface area contributed by atoms with Crippen molar-refractivity contribution in [3.05, 3.63) is 47.3 Å². The van der Waals surface area contributed by atoms with Crippen LogP contribution in [0.2, 0.25) is 0 Å². The zero-order valence-electron chi connectivity index (χ0n) is 10.4. The highest BCUT2D eigenvalue weighted by atomic mass is 32.2. The van der Waals surface area contributed by atoms with E-state index < -0.39 is 0 Å². The van der Waals surface area contributed by atoms with Crippen molar-refractivity contribution >= 4 is 28.4 Å². The third-order valence-corrected chi connectivity index (χ3v) is 3.60. The maximum absolute atomic E-state index is 12.5. The molecule has 0 aliphatic rings. The van der Waals surface area contributed by atoms with Gasteiger partial charge in [0.25, 0.3) is 5.56 Å². The number of benzene rings is 1. The number of rotatable bonds is 3. The molecule has 0 saturated heterocycles. The summed E-state index contributed by atoms with van der Waals surface area (Å²) in [6, 6.07) is 7.49. The number of thioether (sulfide) groups is 1. The van der Waals surface area contributed by atoms with Crippen LogP contribution in [-0.4, -0.2) is 25.4 Å². The first-order valence-electron chi connectivity index (χ1n) is 5.79. The zero-order valence-corrected chi connectivity index (χ0v) is 11.2. The maximum atomic E-state index is 12.5. The first-order chi connectivity index (χ1) is 9.27. The molecular weight excluding hydrogens is 260 g/mol. The molecule has 96 valence electrons. The van der Waals surface area contributed by atoms with E-state index >= 15 is 0 Å². The molecule has 0 radical (unpaired) electrons. The molecule has 0 unspecified atom stereocenters. The summed E-state index contributed by atoms with van der Waals surface area (Å²) in [5.74, 6) is 0.549. The number of fused-ring (bicyclic) bond motifs is 3. The number of para-hydroxylation sites is 1. The summed E-state index contributed by atoms with van der Waals surface area (Å²) in [6.45, 7) is 4.10. The van der Waals surface area contributed by atoms with Crippen LogP contribution in [0.25, 0.3) is 16.7 Å². The van der Waals surface area contributed by atoms with Crippen LogP contribution in [0.1, 0.15) is 0 Å². The van der Waals surface area contributed by atoms with Gasteiger partial charge in [0, 0.05) is 6.54 Å². The van der Waals surface area contributed by atoms with Gasteiger partial charge in [-0.25, -0.2) is 0 Å². The van der Waals surface area contributed by atoms with E-state index in [-0.39, 0.29) is 5.56 Å². The summed E-state index contributed by atoms with van der Waals surface area (Å²) < 4.78 is 3.49. The van der Waals surface area contributed by atoms with Crippen LogP contribution in [0, 0.1) is 0 Å². The van der Waals surface area contributed by atoms with Crippen LogP contribution < -0.4 is 5.56 Å². The number of aromatic nitrogens is 4. The summed E-state index contributed by atoms with van der Waals surface area (Å²) in [5, 5.41) is 9.68. The van der Waals surface area contributed by atoms with Gasteiger partial charge in [-0.1, -0.05) is 30.0 Å². The van der Waals surface area contributed by atoms with Crippen LogP contribution in [0.4, 0.5) is 0 Å². The zero-order chi connectivity index (χ0) is 13.4. The standard InChI is InChI=1S/C13H12N4OS/c1-3-8-16-11(18)9-6-4-5-7-10(9)17-12(16)14-15-13(17)19-2/h3-7H,1,8H2,2H3. The Hall–Kier alpha value is -2.08. The molecule has 3 aromatic rings. The van der Waals surface area contributed by atoms with Gasteiger partial charge >= 0.3 is 0 Å². The minimum absolute atomic E-state index is 0.0666. The molecule has 3 rings (SSSR count). The predicted octanol–water partition coefficient (Wildman–Crippen LogP) is 1.95. The van der Waals surface area contributed by atoms with Gasteiger partial charge in [-0.3, -0.25) is 13.8 Å². The van der Waals surface area contributed by atoms with E-state index in [0.717, 1.165) is 10.7 Å². The number of hydrogen-bond donors (Lipinski definition) is 0. The van der Waals surface area contributed by atoms with Crippen LogP contribution >= 0.6 is 11.8 Å². The van der Waals surface area contributed by atoms with Crippen molar-refractivity contribution in [1.29, 1.82) is 0 Å². The molecule has 0 aliphatic carbocycles. The monoisotopic (exact) mass is 272 g/mol. The highest BCUT2D eigenvalue weighted by Gasteiger charge is 2.14. The van der Waals surface area contributed by atoms with Crippen molar-refractivity contribution in [3.63, 3.8) is 0 Å². The Morgan fingerprint density at radius 2 is 2.16 bits per heavy atom. The SMILES string of the molecule is C=CCn1c(=O)c2ccccc2n2c(SC)nnc12. The molecule has 6 heteroatoms. The van der Waals surface area contributed by atoms with Crippen molar-refractivity contribution in [2.75, 3.05) is 6.26 Å². The molecule has 0 atom stereocenters. The fraction of sp³-hybridized carbons (Fsp3) is 0.154. The fourth-order valence-corrected chi connectivity index (χ4v) is 2.64. The molecule has 2 heterocycles. The minimum atomic E-state index is -0.0666. The highest BCUT2D eigenvalue weighted by molar-refractivity contribution is 7.98. The van der Waals surface area contributed by atoms with Gasteiger partial charge < -0.3 is 0 Å². The maximum Gasteiger partial charge on any atom is 0.263 e. The first kappa shape index (κ1) is 12.0. The predicted molar refractivity (Wildman–Crippen MR) is 76.7 cm³/mol. The molecule has 0 saturated carbocycles. The lowest BCUT2D eigenvalue weighted by atomic mass is 10.2. The van der Waals surface area contributed by atoms with Gasteiger partial charge in [0.15, 0.2) is 5.16 Å². The molecule has 5 nitrogen and oxygen atoms in total. The molecule has 0 bridgehead atoms. The van der Waals surface area contributed by atoms with Gasteiger partial charge in [-0.05, 0) is 18.4 Å². The van der Waals surface area contributed by atoms with Crippen molar-refractivity contribution in [3.8, 4) is 0 Å². The number of hydrogen-bond acceptors (Lipinski definition) is 4. The van der Waals surface area contributed by atoms with E-state index in [2.05, 4.69) is 16.8 Å². The van der Waals surface area contributed by atoms with Crippen LogP contribution in [0.15, 0.2) is 46.9 Å². The largest absolute Gasteiger partial charge is 0.272 e. The van der Waals surface area contributed by atoms with E-state index in [0.29, 0.717) is 17.7 Å². The van der Waals surface area contributed by atoms with Gasteiger partial charge in [-0.15, -0.1) is 16.8 Å². The number of allylic oxidation sites excluding steroid dienone is 1. The molecule has 19 heavy (non-hydrogen) atoms. The van der Waals surface area contributed by atoms with Crippen molar-refractivity contribution in [1.82, 2.24) is 19.2 Å². The second-order valence-electron chi connectivity index (χ2n) is 4.04. The number of nitrogens with zero attached hydrogens (tertiary/aromatic N) is 4. The van der Waals surface area contributed by atoms with Gasteiger partial charge in [-0.2, -0.15) is 0 Å². The summed E-state index contributed by atoms with van der Waals surface area (Å²) in [7, 11) is 0. The van der Waals surface area contributed by atoms with Crippen LogP contribution in [0.5, 0.6) is 0 Å².